The third-order valence-electron chi connectivity index (χ3n) is 4.43. The van der Waals surface area contributed by atoms with Gasteiger partial charge in [0.15, 0.2) is 3.95 Å². The van der Waals surface area contributed by atoms with Crippen LogP contribution in [0.2, 0.25) is 0 Å². The molecule has 2 aromatic carbocycles. The van der Waals surface area contributed by atoms with E-state index in [9.17, 15) is 14.3 Å². The minimum Gasteiger partial charge on any atom is -0.493 e. The van der Waals surface area contributed by atoms with Crippen LogP contribution < -0.4 is 5.32 Å². The maximum absolute atomic E-state index is 12.9. The van der Waals surface area contributed by atoms with E-state index in [1.165, 1.54) is 40.2 Å². The molecule has 5 nitrogen and oxygen atoms in total. The standard InChI is InChI=1S/C21H16FN3O2S2/c22-14-5-7-15(8-6-14)24-19(26)9-10-25-20(27)18(29-21(25)28)11-13-12-23-17-4-2-1-3-16(13)17/h1-8,11-12,27H,9-10H2,(H,24,26)/b13-11-. The Balaban J connectivity index is 1.47. The zero-order chi connectivity index (χ0) is 20.4. The van der Waals surface area contributed by atoms with Crippen LogP contribution in [0.1, 0.15) is 16.9 Å². The van der Waals surface area contributed by atoms with Crippen molar-refractivity contribution < 1.29 is 14.3 Å². The predicted molar refractivity (Wildman–Crippen MR) is 117 cm³/mol. The number of amides is 1. The fourth-order valence-corrected chi connectivity index (χ4v) is 4.28. The van der Waals surface area contributed by atoms with Crippen LogP contribution in [0, 0.1) is 9.77 Å². The van der Waals surface area contributed by atoms with E-state index >= 15 is 0 Å². The second-order valence-corrected chi connectivity index (χ2v) is 8.06. The fourth-order valence-electron chi connectivity index (χ4n) is 2.97. The smallest absolute Gasteiger partial charge is 0.226 e. The molecule has 0 unspecified atom stereocenters. The zero-order valence-corrected chi connectivity index (χ0v) is 16.8. The first-order valence-corrected chi connectivity index (χ1v) is 10.1. The number of aliphatic imine (C=N–C) groups is 1. The summed E-state index contributed by atoms with van der Waals surface area (Å²) in [5.74, 6) is -0.588. The Labute approximate surface area is 175 Å². The van der Waals surface area contributed by atoms with E-state index in [1.807, 2.05) is 30.3 Å². The van der Waals surface area contributed by atoms with Gasteiger partial charge in [-0.1, -0.05) is 18.2 Å². The van der Waals surface area contributed by atoms with Crippen LogP contribution in [-0.2, 0) is 11.3 Å². The Morgan fingerprint density at radius 1 is 1.24 bits per heavy atom. The van der Waals surface area contributed by atoms with Gasteiger partial charge in [-0.15, -0.1) is 11.3 Å². The van der Waals surface area contributed by atoms with Crippen LogP contribution >= 0.6 is 23.6 Å². The van der Waals surface area contributed by atoms with Gasteiger partial charge in [0, 0.05) is 36.0 Å². The molecule has 2 N–H and O–H groups in total. The molecule has 0 spiro atoms. The minimum atomic E-state index is -0.367. The quantitative estimate of drug-likeness (QED) is 0.537. The number of allylic oxidation sites excluding steroid dienone is 1. The molecule has 146 valence electrons. The molecule has 0 radical (unpaired) electrons. The lowest BCUT2D eigenvalue weighted by molar-refractivity contribution is -0.116. The SMILES string of the molecule is O=C(CCn1c(O)c(/C=C2/C=Nc3ccccc32)sc1=S)Nc1ccc(F)cc1. The first-order valence-electron chi connectivity index (χ1n) is 8.84. The summed E-state index contributed by atoms with van der Waals surface area (Å²) in [7, 11) is 0. The van der Waals surface area contributed by atoms with E-state index in [-0.39, 0.29) is 30.6 Å². The molecule has 0 fully saturated rings. The van der Waals surface area contributed by atoms with Crippen LogP contribution in [0.5, 0.6) is 5.88 Å². The fraction of sp³-hybridized carbons (Fsp3) is 0.0952. The second kappa shape index (κ2) is 8.10. The van der Waals surface area contributed by atoms with Crippen molar-refractivity contribution in [2.75, 3.05) is 5.32 Å². The molecule has 1 aliphatic rings. The van der Waals surface area contributed by atoms with E-state index in [2.05, 4.69) is 10.3 Å². The summed E-state index contributed by atoms with van der Waals surface area (Å²) in [6.07, 6.45) is 3.73. The molecule has 3 aromatic rings. The number of nitrogens with one attached hydrogen (secondary N) is 1. The van der Waals surface area contributed by atoms with Gasteiger partial charge in [-0.2, -0.15) is 0 Å². The Morgan fingerprint density at radius 2 is 2.00 bits per heavy atom. The van der Waals surface area contributed by atoms with Crippen LogP contribution in [0.4, 0.5) is 15.8 Å². The highest BCUT2D eigenvalue weighted by molar-refractivity contribution is 7.73. The molecule has 0 atom stereocenters. The van der Waals surface area contributed by atoms with Crippen molar-refractivity contribution in [3.8, 4) is 5.88 Å². The number of benzene rings is 2. The molecule has 1 aromatic heterocycles. The summed E-state index contributed by atoms with van der Waals surface area (Å²) < 4.78 is 15.0. The van der Waals surface area contributed by atoms with Gasteiger partial charge >= 0.3 is 0 Å². The molecular weight excluding hydrogens is 409 g/mol. The number of carbonyl (C=O) groups is 1. The van der Waals surface area contributed by atoms with E-state index in [4.69, 9.17) is 12.2 Å². The Bertz CT molecular complexity index is 1190. The number of aromatic nitrogens is 1. The van der Waals surface area contributed by atoms with Crippen molar-refractivity contribution in [3.63, 3.8) is 0 Å². The van der Waals surface area contributed by atoms with Crippen LogP contribution in [0.25, 0.3) is 11.6 Å². The third kappa shape index (κ3) is 4.18. The van der Waals surface area contributed by atoms with Crippen molar-refractivity contribution in [2.45, 2.75) is 13.0 Å². The second-order valence-electron chi connectivity index (χ2n) is 6.39. The summed E-state index contributed by atoms with van der Waals surface area (Å²) in [5.41, 5.74) is 3.29. The van der Waals surface area contributed by atoms with Gasteiger partial charge in [0.25, 0.3) is 0 Å². The monoisotopic (exact) mass is 425 g/mol. The molecule has 1 amide bonds. The highest BCUT2D eigenvalue weighted by atomic mass is 32.1. The van der Waals surface area contributed by atoms with E-state index in [0.717, 1.165) is 16.8 Å². The molecule has 0 bridgehead atoms. The number of nitrogens with zero attached hydrogens (tertiary/aromatic N) is 2. The Morgan fingerprint density at radius 3 is 2.79 bits per heavy atom. The predicted octanol–water partition coefficient (Wildman–Crippen LogP) is 5.41. The summed E-state index contributed by atoms with van der Waals surface area (Å²) in [6, 6.07) is 13.3. The van der Waals surface area contributed by atoms with Gasteiger partial charge in [0.2, 0.25) is 11.8 Å². The first-order chi connectivity index (χ1) is 14.0. The van der Waals surface area contributed by atoms with Gasteiger partial charge in [-0.25, -0.2) is 4.39 Å². The van der Waals surface area contributed by atoms with Crippen molar-refractivity contribution in [2.24, 2.45) is 4.99 Å². The third-order valence-corrected chi connectivity index (χ3v) is 5.81. The number of hydrogen-bond acceptors (Lipinski definition) is 5. The number of para-hydroxylation sites is 1. The van der Waals surface area contributed by atoms with Crippen LogP contribution in [0.3, 0.4) is 0 Å². The van der Waals surface area contributed by atoms with Gasteiger partial charge in [0.05, 0.1) is 10.6 Å². The average molecular weight is 426 g/mol. The van der Waals surface area contributed by atoms with Crippen molar-refractivity contribution in [1.82, 2.24) is 4.57 Å². The average Bonchev–Trinajstić information content (AvgIpc) is 3.23. The van der Waals surface area contributed by atoms with Gasteiger partial charge in [-0.05, 0) is 48.6 Å². The molecule has 8 heteroatoms. The Hall–Kier alpha value is -3.10. The number of hydrogen-bond donors (Lipinski definition) is 2. The first kappa shape index (κ1) is 19.2. The topological polar surface area (TPSA) is 66.6 Å². The summed E-state index contributed by atoms with van der Waals surface area (Å²) in [6.45, 7) is 0.238. The molecule has 2 heterocycles. The lowest BCUT2D eigenvalue weighted by Gasteiger charge is -2.07. The van der Waals surface area contributed by atoms with Crippen molar-refractivity contribution in [1.29, 1.82) is 0 Å². The summed E-state index contributed by atoms with van der Waals surface area (Å²) >= 11 is 6.64. The molecular formula is C21H16FN3O2S2. The van der Waals surface area contributed by atoms with Crippen molar-refractivity contribution in [3.05, 3.63) is 68.7 Å². The van der Waals surface area contributed by atoms with Gasteiger partial charge in [-0.3, -0.25) is 14.4 Å². The molecule has 29 heavy (non-hydrogen) atoms. The number of carbonyl (C=O) groups excluding carboxylic acids is 1. The zero-order valence-electron chi connectivity index (χ0n) is 15.1. The molecule has 4 rings (SSSR count). The van der Waals surface area contributed by atoms with E-state index in [1.54, 1.807) is 6.21 Å². The molecule has 0 saturated carbocycles. The minimum absolute atomic E-state index is 0.0277. The van der Waals surface area contributed by atoms with Gasteiger partial charge < -0.3 is 10.4 Å². The lowest BCUT2D eigenvalue weighted by Crippen LogP contribution is -2.14. The summed E-state index contributed by atoms with van der Waals surface area (Å²) in [5, 5.41) is 13.3. The molecule has 0 saturated heterocycles. The Kier molecular flexibility index (Phi) is 5.37. The van der Waals surface area contributed by atoms with Crippen molar-refractivity contribution >= 4 is 58.7 Å². The number of aromatic hydroxyl groups is 1. The number of fused-ring (bicyclic) bond motifs is 1. The maximum atomic E-state index is 12.9. The number of rotatable bonds is 5. The number of halogens is 1. The normalized spacial score (nSPS) is 13.6. The van der Waals surface area contributed by atoms with Gasteiger partial charge in [0.1, 0.15) is 5.82 Å². The van der Waals surface area contributed by atoms with Crippen LogP contribution in [0.15, 0.2) is 53.5 Å². The summed E-state index contributed by atoms with van der Waals surface area (Å²) in [4.78, 5) is 17.1. The molecule has 1 aliphatic heterocycles. The highest BCUT2D eigenvalue weighted by Crippen LogP contribution is 2.35. The lowest BCUT2D eigenvalue weighted by atomic mass is 10.1. The molecule has 0 aliphatic carbocycles. The largest absolute Gasteiger partial charge is 0.493 e. The highest BCUT2D eigenvalue weighted by Gasteiger charge is 2.16. The van der Waals surface area contributed by atoms with E-state index < -0.39 is 0 Å². The number of thiazole rings is 1. The van der Waals surface area contributed by atoms with E-state index in [0.29, 0.717) is 14.5 Å². The number of anilines is 1. The maximum Gasteiger partial charge on any atom is 0.226 e. The van der Waals surface area contributed by atoms with Crippen LogP contribution in [-0.4, -0.2) is 21.8 Å².